The maximum absolute atomic E-state index is 11.9. The molecule has 0 aromatic heterocycles. The minimum atomic E-state index is -3.50. The zero-order chi connectivity index (χ0) is 12.0. The Bertz CT molecular complexity index is 600. The van der Waals surface area contributed by atoms with Gasteiger partial charge in [-0.05, 0) is 18.6 Å². The molecule has 7 heteroatoms. The first-order valence-corrected chi connectivity index (χ1v) is 6.97. The largest absolute Gasteiger partial charge is 0.354 e. The van der Waals surface area contributed by atoms with Crippen LogP contribution in [0.4, 0.5) is 0 Å². The van der Waals surface area contributed by atoms with Crippen molar-refractivity contribution < 1.29 is 8.42 Å². The van der Waals surface area contributed by atoms with Gasteiger partial charge in [-0.25, -0.2) is 0 Å². The van der Waals surface area contributed by atoms with E-state index in [0.717, 1.165) is 13.0 Å². The van der Waals surface area contributed by atoms with Gasteiger partial charge in [-0.3, -0.25) is 0 Å². The Balaban J connectivity index is 0.00000120. The van der Waals surface area contributed by atoms with Gasteiger partial charge in [0.05, 0.1) is 0 Å². The van der Waals surface area contributed by atoms with Crippen molar-refractivity contribution in [2.75, 3.05) is 13.1 Å². The van der Waals surface area contributed by atoms with E-state index >= 15 is 0 Å². The summed E-state index contributed by atoms with van der Waals surface area (Å²) >= 11 is 0. The van der Waals surface area contributed by atoms with Crippen molar-refractivity contribution in [2.24, 2.45) is 10.1 Å². The Morgan fingerprint density at radius 1 is 1.33 bits per heavy atom. The van der Waals surface area contributed by atoms with E-state index in [-0.39, 0.29) is 18.4 Å². The SMILES string of the molecule is Cl.N[C@@H]1CCN(C2=NS(=O)(=O)c3ccccc32)C1. The molecule has 0 bridgehead atoms. The van der Waals surface area contributed by atoms with E-state index in [4.69, 9.17) is 5.73 Å². The molecule has 1 aromatic rings. The predicted octanol–water partition coefficient (Wildman–Crippen LogP) is 0.590. The second kappa shape index (κ2) is 4.53. The zero-order valence-electron chi connectivity index (χ0n) is 9.61. The smallest absolute Gasteiger partial charge is 0.285 e. The number of benzene rings is 1. The predicted molar refractivity (Wildman–Crippen MR) is 71.6 cm³/mol. The summed E-state index contributed by atoms with van der Waals surface area (Å²) < 4.78 is 27.6. The summed E-state index contributed by atoms with van der Waals surface area (Å²) in [6, 6.07) is 7.03. The van der Waals surface area contributed by atoms with Crippen molar-refractivity contribution in [3.8, 4) is 0 Å². The first-order chi connectivity index (χ1) is 8.08. The number of halogens is 1. The zero-order valence-corrected chi connectivity index (χ0v) is 11.2. The average Bonchev–Trinajstić information content (AvgIpc) is 2.82. The second-order valence-corrected chi connectivity index (χ2v) is 5.95. The van der Waals surface area contributed by atoms with Gasteiger partial charge in [-0.15, -0.1) is 16.8 Å². The van der Waals surface area contributed by atoms with Crippen molar-refractivity contribution in [2.45, 2.75) is 17.4 Å². The summed E-state index contributed by atoms with van der Waals surface area (Å²) in [4.78, 5) is 2.25. The first-order valence-electron chi connectivity index (χ1n) is 5.53. The fourth-order valence-corrected chi connectivity index (χ4v) is 3.52. The molecule has 0 unspecified atom stereocenters. The minimum absolute atomic E-state index is 0. The number of sulfonamides is 1. The first kappa shape index (κ1) is 13.3. The lowest BCUT2D eigenvalue weighted by molar-refractivity contribution is 0.511. The van der Waals surface area contributed by atoms with E-state index in [1.807, 2.05) is 11.0 Å². The van der Waals surface area contributed by atoms with Gasteiger partial charge in [-0.2, -0.15) is 8.42 Å². The van der Waals surface area contributed by atoms with Crippen LogP contribution in [0.25, 0.3) is 0 Å². The number of rotatable bonds is 0. The summed E-state index contributed by atoms with van der Waals surface area (Å²) in [5, 5.41) is 0. The Kier molecular flexibility index (Phi) is 3.35. The third kappa shape index (κ3) is 2.00. The van der Waals surface area contributed by atoms with E-state index in [1.165, 1.54) is 0 Å². The van der Waals surface area contributed by atoms with Gasteiger partial charge in [0.25, 0.3) is 10.0 Å². The number of amidine groups is 1. The topological polar surface area (TPSA) is 75.8 Å². The van der Waals surface area contributed by atoms with Gasteiger partial charge in [0.1, 0.15) is 4.90 Å². The van der Waals surface area contributed by atoms with E-state index in [2.05, 4.69) is 4.40 Å². The van der Waals surface area contributed by atoms with Gasteiger partial charge in [0.2, 0.25) is 0 Å². The van der Waals surface area contributed by atoms with Gasteiger partial charge < -0.3 is 10.6 Å². The van der Waals surface area contributed by atoms with Crippen LogP contribution in [0.15, 0.2) is 33.6 Å². The fourth-order valence-electron chi connectivity index (χ4n) is 2.30. The number of nitrogens with two attached hydrogens (primary N) is 1. The lowest BCUT2D eigenvalue weighted by Crippen LogP contribution is -2.31. The minimum Gasteiger partial charge on any atom is -0.354 e. The van der Waals surface area contributed by atoms with Crippen molar-refractivity contribution in [1.29, 1.82) is 0 Å². The van der Waals surface area contributed by atoms with E-state index < -0.39 is 10.0 Å². The Hall–Kier alpha value is -1.11. The number of hydrogen-bond donors (Lipinski definition) is 1. The molecule has 2 N–H and O–H groups in total. The van der Waals surface area contributed by atoms with Crippen LogP contribution in [0.3, 0.4) is 0 Å². The molecular formula is C11H14ClN3O2S. The molecule has 1 fully saturated rings. The van der Waals surface area contributed by atoms with E-state index in [9.17, 15) is 8.42 Å². The average molecular weight is 288 g/mol. The van der Waals surface area contributed by atoms with Gasteiger partial charge >= 0.3 is 0 Å². The molecule has 3 rings (SSSR count). The van der Waals surface area contributed by atoms with E-state index in [0.29, 0.717) is 22.8 Å². The third-order valence-electron chi connectivity index (χ3n) is 3.14. The maximum atomic E-state index is 11.9. The second-order valence-electron chi connectivity index (χ2n) is 4.38. The van der Waals surface area contributed by atoms with Crippen LogP contribution in [0.1, 0.15) is 12.0 Å². The van der Waals surface area contributed by atoms with Crippen molar-refractivity contribution in [3.05, 3.63) is 29.8 Å². The molecular weight excluding hydrogens is 274 g/mol. The number of fused-ring (bicyclic) bond motifs is 1. The Morgan fingerprint density at radius 3 is 2.72 bits per heavy atom. The highest BCUT2D eigenvalue weighted by molar-refractivity contribution is 7.90. The van der Waals surface area contributed by atoms with Gasteiger partial charge in [0, 0.05) is 24.7 Å². The Labute approximate surface area is 112 Å². The van der Waals surface area contributed by atoms with Crippen molar-refractivity contribution >= 4 is 28.3 Å². The summed E-state index contributed by atoms with van der Waals surface area (Å²) in [5.74, 6) is 0.550. The quantitative estimate of drug-likeness (QED) is 0.758. The number of likely N-dealkylation sites (tertiary alicyclic amines) is 1. The number of hydrogen-bond acceptors (Lipinski definition) is 4. The van der Waals surface area contributed by atoms with Crippen LogP contribution >= 0.6 is 12.4 Å². The van der Waals surface area contributed by atoms with Crippen LogP contribution in [0.2, 0.25) is 0 Å². The highest BCUT2D eigenvalue weighted by Gasteiger charge is 2.33. The lowest BCUT2D eigenvalue weighted by Gasteiger charge is -2.17. The van der Waals surface area contributed by atoms with Gasteiger partial charge in [-0.1, -0.05) is 12.1 Å². The monoisotopic (exact) mass is 287 g/mol. The molecule has 18 heavy (non-hydrogen) atoms. The molecule has 5 nitrogen and oxygen atoms in total. The van der Waals surface area contributed by atoms with Crippen molar-refractivity contribution in [3.63, 3.8) is 0 Å². The standard InChI is InChI=1S/C11H13N3O2S.ClH/c12-8-5-6-14(7-8)11-9-3-1-2-4-10(9)17(15,16)13-11;/h1-4,8H,5-7,12H2;1H/t8-;/m1./s1. The van der Waals surface area contributed by atoms with Crippen LogP contribution in [0, 0.1) is 0 Å². The number of nitrogens with zero attached hydrogens (tertiary/aromatic N) is 2. The lowest BCUT2D eigenvalue weighted by atomic mass is 10.2. The molecule has 0 aliphatic carbocycles. The molecule has 1 atom stereocenters. The maximum Gasteiger partial charge on any atom is 0.285 e. The van der Waals surface area contributed by atoms with Gasteiger partial charge in [0.15, 0.2) is 5.84 Å². The molecule has 2 heterocycles. The molecule has 1 saturated heterocycles. The van der Waals surface area contributed by atoms with Crippen LogP contribution < -0.4 is 5.73 Å². The fraction of sp³-hybridized carbons (Fsp3) is 0.364. The summed E-state index contributed by atoms with van der Waals surface area (Å²) in [5.41, 5.74) is 6.53. The van der Waals surface area contributed by atoms with E-state index in [1.54, 1.807) is 18.2 Å². The molecule has 0 amide bonds. The van der Waals surface area contributed by atoms with Crippen LogP contribution in [-0.2, 0) is 10.0 Å². The summed E-state index contributed by atoms with van der Waals surface area (Å²) in [6.45, 7) is 1.44. The molecule has 98 valence electrons. The summed E-state index contributed by atoms with van der Waals surface area (Å²) in [6.07, 6.45) is 0.876. The normalized spacial score (nSPS) is 24.4. The summed E-state index contributed by atoms with van der Waals surface area (Å²) in [7, 11) is -3.50. The molecule has 0 spiro atoms. The van der Waals surface area contributed by atoms with Crippen molar-refractivity contribution in [1.82, 2.24) is 4.90 Å². The molecule has 0 saturated carbocycles. The molecule has 2 aliphatic heterocycles. The third-order valence-corrected chi connectivity index (χ3v) is 4.46. The van der Waals surface area contributed by atoms with Crippen LogP contribution in [-0.4, -0.2) is 38.3 Å². The highest BCUT2D eigenvalue weighted by atomic mass is 35.5. The molecule has 0 radical (unpaired) electrons. The molecule has 1 aromatic carbocycles. The molecule has 2 aliphatic rings. The highest BCUT2D eigenvalue weighted by Crippen LogP contribution is 2.28. The Morgan fingerprint density at radius 2 is 2.06 bits per heavy atom. The van der Waals surface area contributed by atoms with Crippen LogP contribution in [0.5, 0.6) is 0 Å².